The fourth-order valence-electron chi connectivity index (χ4n) is 2.73. The van der Waals surface area contributed by atoms with Crippen LogP contribution in [0.5, 0.6) is 0 Å². The van der Waals surface area contributed by atoms with Crippen LogP contribution in [0.1, 0.15) is 19.4 Å². The number of hydrogen-bond acceptors (Lipinski definition) is 5. The van der Waals surface area contributed by atoms with Gasteiger partial charge in [-0.15, -0.1) is 0 Å². The Bertz CT molecular complexity index is 763. The summed E-state index contributed by atoms with van der Waals surface area (Å²) in [6.07, 6.45) is 0. The number of nitriles is 1. The maximum Gasteiger partial charge on any atom is 0.237 e. The van der Waals surface area contributed by atoms with E-state index in [2.05, 4.69) is 6.07 Å². The minimum Gasteiger partial charge on any atom is -0.326 e. The predicted octanol–water partition coefficient (Wildman–Crippen LogP) is 0.895. The van der Waals surface area contributed by atoms with Crippen molar-refractivity contribution in [3.63, 3.8) is 0 Å². The van der Waals surface area contributed by atoms with Crippen molar-refractivity contribution in [1.29, 1.82) is 5.26 Å². The zero-order chi connectivity index (χ0) is 19.4. The number of piperazine rings is 1. The van der Waals surface area contributed by atoms with Crippen molar-refractivity contribution in [2.75, 3.05) is 39.8 Å². The first-order chi connectivity index (χ1) is 12.2. The van der Waals surface area contributed by atoms with Crippen LogP contribution >= 0.6 is 0 Å². The number of rotatable bonds is 6. The summed E-state index contributed by atoms with van der Waals surface area (Å²) in [6.45, 7) is 5.31. The summed E-state index contributed by atoms with van der Waals surface area (Å²) in [6, 6.07) is 11.2. The van der Waals surface area contributed by atoms with E-state index in [1.54, 1.807) is 33.0 Å². The van der Waals surface area contributed by atoms with Crippen LogP contribution in [-0.2, 0) is 20.6 Å². The lowest BCUT2D eigenvalue weighted by atomic mass is 10.1. The molecule has 7 nitrogen and oxygen atoms in total. The van der Waals surface area contributed by atoms with Gasteiger partial charge in [-0.3, -0.25) is 9.69 Å². The van der Waals surface area contributed by atoms with E-state index in [9.17, 15) is 13.2 Å². The number of carbonyl (C=O) groups is 1. The van der Waals surface area contributed by atoms with Crippen molar-refractivity contribution in [1.82, 2.24) is 14.1 Å². The van der Waals surface area contributed by atoms with Crippen LogP contribution in [0.4, 0.5) is 0 Å². The fourth-order valence-corrected chi connectivity index (χ4v) is 4.24. The predicted molar refractivity (Wildman–Crippen MR) is 99.5 cm³/mol. The Balaban J connectivity index is 1.89. The van der Waals surface area contributed by atoms with Gasteiger partial charge in [-0.05, 0) is 19.4 Å². The van der Waals surface area contributed by atoms with Gasteiger partial charge < -0.3 is 4.90 Å². The number of carbonyl (C=O) groups excluding carboxylic acids is 1. The summed E-state index contributed by atoms with van der Waals surface area (Å²) in [5, 5.41) is 9.13. The lowest BCUT2D eigenvalue weighted by molar-refractivity contribution is -0.134. The molecule has 1 aliphatic rings. The molecule has 1 amide bonds. The average molecular weight is 378 g/mol. The number of nitrogens with zero attached hydrogens (tertiary/aromatic N) is 4. The van der Waals surface area contributed by atoms with Gasteiger partial charge in [0.05, 0.1) is 18.4 Å². The standard InChI is InChI=1S/C18H26N4O3S/c1-18(2,15-19)20(3)17(23)13-21-9-11-22(12-10-21)26(24,25)14-16-7-5-4-6-8-16/h4-8H,9-14H2,1-3H3. The monoisotopic (exact) mass is 378 g/mol. The van der Waals surface area contributed by atoms with Crippen LogP contribution in [-0.4, -0.2) is 73.7 Å². The van der Waals surface area contributed by atoms with Crippen LogP contribution in [0, 0.1) is 11.3 Å². The molecule has 0 aliphatic carbocycles. The number of sulfonamides is 1. The van der Waals surface area contributed by atoms with Crippen molar-refractivity contribution in [3.8, 4) is 6.07 Å². The summed E-state index contributed by atoms with van der Waals surface area (Å²) in [5.41, 5.74) is -0.0942. The van der Waals surface area contributed by atoms with Crippen LogP contribution in [0.15, 0.2) is 30.3 Å². The quantitative estimate of drug-likeness (QED) is 0.734. The average Bonchev–Trinajstić information content (AvgIpc) is 2.62. The Morgan fingerprint density at radius 1 is 1.19 bits per heavy atom. The van der Waals surface area contributed by atoms with Crippen molar-refractivity contribution in [2.24, 2.45) is 0 Å². The molecule has 0 unspecified atom stereocenters. The molecule has 0 aromatic heterocycles. The van der Waals surface area contributed by atoms with Gasteiger partial charge in [-0.1, -0.05) is 30.3 Å². The Hall–Kier alpha value is -1.95. The normalized spacial score (nSPS) is 16.8. The molecular formula is C18H26N4O3S. The van der Waals surface area contributed by atoms with Crippen molar-refractivity contribution >= 4 is 15.9 Å². The van der Waals surface area contributed by atoms with Crippen molar-refractivity contribution in [3.05, 3.63) is 35.9 Å². The number of hydrogen-bond donors (Lipinski definition) is 0. The molecule has 0 radical (unpaired) electrons. The summed E-state index contributed by atoms with van der Waals surface area (Å²) in [7, 11) is -1.75. The highest BCUT2D eigenvalue weighted by Crippen LogP contribution is 2.15. The number of likely N-dealkylation sites (N-methyl/N-ethyl adjacent to an activating group) is 1. The van der Waals surface area contributed by atoms with Gasteiger partial charge in [0.1, 0.15) is 5.54 Å². The van der Waals surface area contributed by atoms with E-state index >= 15 is 0 Å². The lowest BCUT2D eigenvalue weighted by Crippen LogP contribution is -2.53. The third-order valence-electron chi connectivity index (χ3n) is 4.76. The maximum absolute atomic E-state index is 12.6. The Labute approximate surface area is 155 Å². The molecule has 0 bridgehead atoms. The molecule has 142 valence electrons. The van der Waals surface area contributed by atoms with Gasteiger partial charge in [-0.2, -0.15) is 9.57 Å². The molecule has 8 heteroatoms. The molecule has 1 aromatic rings. The first kappa shape index (κ1) is 20.4. The summed E-state index contributed by atoms with van der Waals surface area (Å²) < 4.78 is 26.6. The molecule has 1 heterocycles. The molecule has 0 saturated carbocycles. The Morgan fingerprint density at radius 3 is 2.31 bits per heavy atom. The van der Waals surface area contributed by atoms with Crippen LogP contribution in [0.2, 0.25) is 0 Å². The SMILES string of the molecule is CN(C(=O)CN1CCN(S(=O)(=O)Cc2ccccc2)CC1)C(C)(C)C#N. The molecule has 1 aliphatic heterocycles. The highest BCUT2D eigenvalue weighted by atomic mass is 32.2. The minimum atomic E-state index is -3.36. The zero-order valence-corrected chi connectivity index (χ0v) is 16.4. The highest BCUT2D eigenvalue weighted by Gasteiger charge is 2.31. The molecule has 0 N–H and O–H groups in total. The molecule has 0 atom stereocenters. The van der Waals surface area contributed by atoms with Crippen LogP contribution in [0.25, 0.3) is 0 Å². The van der Waals surface area contributed by atoms with E-state index < -0.39 is 15.6 Å². The van der Waals surface area contributed by atoms with Gasteiger partial charge >= 0.3 is 0 Å². The lowest BCUT2D eigenvalue weighted by Gasteiger charge is -2.36. The number of benzene rings is 1. The van der Waals surface area contributed by atoms with E-state index in [-0.39, 0.29) is 18.2 Å². The van der Waals surface area contributed by atoms with Gasteiger partial charge in [0.25, 0.3) is 0 Å². The van der Waals surface area contributed by atoms with E-state index in [1.807, 2.05) is 23.1 Å². The first-order valence-electron chi connectivity index (χ1n) is 8.58. The summed E-state index contributed by atoms with van der Waals surface area (Å²) in [5.74, 6) is -0.150. The van der Waals surface area contributed by atoms with Crippen molar-refractivity contribution in [2.45, 2.75) is 25.1 Å². The van der Waals surface area contributed by atoms with Crippen LogP contribution < -0.4 is 0 Å². The van der Waals surface area contributed by atoms with E-state index in [0.717, 1.165) is 5.56 Å². The second kappa shape index (κ2) is 8.16. The molecule has 2 rings (SSSR count). The van der Waals surface area contributed by atoms with Crippen molar-refractivity contribution < 1.29 is 13.2 Å². The smallest absolute Gasteiger partial charge is 0.237 e. The molecule has 26 heavy (non-hydrogen) atoms. The van der Waals surface area contributed by atoms with Crippen LogP contribution in [0.3, 0.4) is 0 Å². The van der Waals surface area contributed by atoms with Gasteiger partial charge in [-0.25, -0.2) is 8.42 Å². The Kier molecular flexibility index (Phi) is 6.39. The molecule has 1 fully saturated rings. The first-order valence-corrected chi connectivity index (χ1v) is 10.2. The second-order valence-corrected chi connectivity index (χ2v) is 9.01. The number of amides is 1. The van der Waals surface area contributed by atoms with E-state index in [4.69, 9.17) is 5.26 Å². The third kappa shape index (κ3) is 5.04. The fraction of sp³-hybridized carbons (Fsp3) is 0.556. The Morgan fingerprint density at radius 2 is 1.77 bits per heavy atom. The van der Waals surface area contributed by atoms with Gasteiger partial charge in [0, 0.05) is 33.2 Å². The summed E-state index contributed by atoms with van der Waals surface area (Å²) >= 11 is 0. The van der Waals surface area contributed by atoms with Gasteiger partial charge in [0.2, 0.25) is 15.9 Å². The minimum absolute atomic E-state index is 0.00807. The van der Waals surface area contributed by atoms with Gasteiger partial charge in [0.15, 0.2) is 0 Å². The van der Waals surface area contributed by atoms with E-state index in [1.165, 1.54) is 9.21 Å². The summed E-state index contributed by atoms with van der Waals surface area (Å²) in [4.78, 5) is 15.7. The largest absolute Gasteiger partial charge is 0.326 e. The topological polar surface area (TPSA) is 84.7 Å². The molecular weight excluding hydrogens is 352 g/mol. The van der Waals surface area contributed by atoms with E-state index in [0.29, 0.717) is 26.2 Å². The molecule has 1 saturated heterocycles. The highest BCUT2D eigenvalue weighted by molar-refractivity contribution is 7.88. The molecule has 0 spiro atoms. The third-order valence-corrected chi connectivity index (χ3v) is 6.61. The molecule has 1 aromatic carbocycles. The maximum atomic E-state index is 12.6. The second-order valence-electron chi connectivity index (χ2n) is 7.04. The zero-order valence-electron chi connectivity index (χ0n) is 15.6.